The molecule has 4 heteroatoms. The summed E-state index contributed by atoms with van der Waals surface area (Å²) in [6.07, 6.45) is 1.15. The molecule has 1 rings (SSSR count). The lowest BCUT2D eigenvalue weighted by Crippen LogP contribution is -2.38. The lowest BCUT2D eigenvalue weighted by molar-refractivity contribution is 0.160. The first-order chi connectivity index (χ1) is 7.60. The van der Waals surface area contributed by atoms with Gasteiger partial charge >= 0.3 is 0 Å². The van der Waals surface area contributed by atoms with Crippen LogP contribution >= 0.6 is 22.9 Å². The SMILES string of the molecule is CCCN(C(C)C)C(CN)c1cc(Cl)cs1. The van der Waals surface area contributed by atoms with Crippen molar-refractivity contribution in [1.29, 1.82) is 0 Å². The van der Waals surface area contributed by atoms with Gasteiger partial charge in [0.1, 0.15) is 0 Å². The van der Waals surface area contributed by atoms with Gasteiger partial charge in [0.15, 0.2) is 0 Å². The summed E-state index contributed by atoms with van der Waals surface area (Å²) in [6.45, 7) is 8.36. The van der Waals surface area contributed by atoms with Gasteiger partial charge in [-0.1, -0.05) is 18.5 Å². The molecule has 0 aromatic carbocycles. The third kappa shape index (κ3) is 3.45. The van der Waals surface area contributed by atoms with Crippen LogP contribution in [0.15, 0.2) is 11.4 Å². The van der Waals surface area contributed by atoms with Crippen LogP contribution in [0.5, 0.6) is 0 Å². The molecule has 0 saturated carbocycles. The summed E-state index contributed by atoms with van der Waals surface area (Å²) < 4.78 is 0. The zero-order valence-electron chi connectivity index (χ0n) is 10.2. The number of nitrogens with two attached hydrogens (primary N) is 1. The predicted octanol–water partition coefficient (Wildman–Crippen LogP) is 3.52. The lowest BCUT2D eigenvalue weighted by Gasteiger charge is -2.33. The Morgan fingerprint density at radius 3 is 2.56 bits per heavy atom. The highest BCUT2D eigenvalue weighted by molar-refractivity contribution is 7.10. The minimum absolute atomic E-state index is 0.303. The molecule has 0 radical (unpaired) electrons. The largest absolute Gasteiger partial charge is 0.329 e. The first-order valence-electron chi connectivity index (χ1n) is 5.79. The van der Waals surface area contributed by atoms with Crippen molar-refractivity contribution >= 4 is 22.9 Å². The lowest BCUT2D eigenvalue weighted by atomic mass is 10.1. The Bertz CT molecular complexity index is 312. The van der Waals surface area contributed by atoms with Crippen LogP contribution in [0.2, 0.25) is 5.02 Å². The molecule has 0 amide bonds. The van der Waals surface area contributed by atoms with E-state index >= 15 is 0 Å². The summed E-state index contributed by atoms with van der Waals surface area (Å²) in [5.74, 6) is 0. The van der Waals surface area contributed by atoms with Crippen LogP contribution in [0.25, 0.3) is 0 Å². The Kier molecular flexibility index (Phi) is 5.76. The van der Waals surface area contributed by atoms with Gasteiger partial charge in [-0.15, -0.1) is 11.3 Å². The monoisotopic (exact) mass is 260 g/mol. The van der Waals surface area contributed by atoms with Gasteiger partial charge in [0.25, 0.3) is 0 Å². The van der Waals surface area contributed by atoms with Crippen molar-refractivity contribution in [2.45, 2.75) is 39.3 Å². The summed E-state index contributed by atoms with van der Waals surface area (Å²) >= 11 is 7.67. The fourth-order valence-electron chi connectivity index (χ4n) is 1.95. The van der Waals surface area contributed by atoms with Crippen LogP contribution < -0.4 is 5.73 Å². The van der Waals surface area contributed by atoms with Crippen LogP contribution in [0.1, 0.15) is 38.1 Å². The van der Waals surface area contributed by atoms with E-state index < -0.39 is 0 Å². The van der Waals surface area contributed by atoms with Gasteiger partial charge < -0.3 is 5.73 Å². The predicted molar refractivity (Wildman–Crippen MR) is 73.3 cm³/mol. The van der Waals surface area contributed by atoms with Gasteiger partial charge in [0.05, 0.1) is 11.1 Å². The summed E-state index contributed by atoms with van der Waals surface area (Å²) in [5, 5.41) is 2.79. The van der Waals surface area contributed by atoms with Crippen molar-refractivity contribution < 1.29 is 0 Å². The molecule has 0 fully saturated rings. The highest BCUT2D eigenvalue weighted by atomic mass is 35.5. The van der Waals surface area contributed by atoms with Crippen LogP contribution in [0, 0.1) is 0 Å². The molecule has 0 aliphatic heterocycles. The molecule has 0 bridgehead atoms. The van der Waals surface area contributed by atoms with Crippen LogP contribution in [0.4, 0.5) is 0 Å². The van der Waals surface area contributed by atoms with E-state index in [1.54, 1.807) is 11.3 Å². The molecule has 0 saturated heterocycles. The van der Waals surface area contributed by atoms with Gasteiger partial charge in [-0.25, -0.2) is 0 Å². The van der Waals surface area contributed by atoms with E-state index in [4.69, 9.17) is 17.3 Å². The molecule has 0 aliphatic carbocycles. The molecule has 1 heterocycles. The van der Waals surface area contributed by atoms with Crippen molar-refractivity contribution in [3.63, 3.8) is 0 Å². The maximum Gasteiger partial charge on any atom is 0.0567 e. The molecular formula is C12H21ClN2S. The van der Waals surface area contributed by atoms with Gasteiger partial charge in [0, 0.05) is 22.8 Å². The van der Waals surface area contributed by atoms with E-state index in [0.717, 1.165) is 18.0 Å². The molecule has 1 aromatic rings. The number of hydrogen-bond donors (Lipinski definition) is 1. The number of thiophene rings is 1. The Morgan fingerprint density at radius 2 is 2.19 bits per heavy atom. The second kappa shape index (κ2) is 6.60. The highest BCUT2D eigenvalue weighted by Gasteiger charge is 2.22. The van der Waals surface area contributed by atoms with Gasteiger partial charge in [0.2, 0.25) is 0 Å². The second-order valence-corrected chi connectivity index (χ2v) is 5.63. The molecule has 16 heavy (non-hydrogen) atoms. The van der Waals surface area contributed by atoms with Gasteiger partial charge in [-0.3, -0.25) is 4.90 Å². The third-order valence-electron chi connectivity index (χ3n) is 2.68. The quantitative estimate of drug-likeness (QED) is 0.848. The van der Waals surface area contributed by atoms with Crippen LogP contribution in [-0.2, 0) is 0 Å². The minimum Gasteiger partial charge on any atom is -0.329 e. The highest BCUT2D eigenvalue weighted by Crippen LogP contribution is 2.29. The number of hydrogen-bond acceptors (Lipinski definition) is 3. The molecule has 0 spiro atoms. The molecule has 2 N–H and O–H groups in total. The third-order valence-corrected chi connectivity index (χ3v) is 4.07. The maximum atomic E-state index is 5.97. The first kappa shape index (κ1) is 14.0. The normalized spacial score (nSPS) is 13.7. The second-order valence-electron chi connectivity index (χ2n) is 4.25. The zero-order chi connectivity index (χ0) is 12.1. The van der Waals surface area contributed by atoms with Crippen molar-refractivity contribution in [3.05, 3.63) is 21.3 Å². The van der Waals surface area contributed by atoms with E-state index in [9.17, 15) is 0 Å². The van der Waals surface area contributed by atoms with E-state index in [1.807, 2.05) is 11.4 Å². The molecule has 2 nitrogen and oxygen atoms in total. The molecule has 1 atom stereocenters. The fourth-order valence-corrected chi connectivity index (χ4v) is 3.17. The zero-order valence-corrected chi connectivity index (χ0v) is 11.8. The van der Waals surface area contributed by atoms with Crippen LogP contribution in [-0.4, -0.2) is 24.0 Å². The molecular weight excluding hydrogens is 240 g/mol. The molecule has 92 valence electrons. The summed E-state index contributed by atoms with van der Waals surface area (Å²) in [6, 6.07) is 2.85. The van der Waals surface area contributed by atoms with E-state index in [0.29, 0.717) is 18.6 Å². The van der Waals surface area contributed by atoms with E-state index in [1.165, 1.54) is 4.88 Å². The van der Waals surface area contributed by atoms with E-state index in [-0.39, 0.29) is 0 Å². The summed E-state index contributed by atoms with van der Waals surface area (Å²) in [5.41, 5.74) is 5.90. The fraction of sp³-hybridized carbons (Fsp3) is 0.667. The molecule has 1 aromatic heterocycles. The Balaban J connectivity index is 2.85. The summed E-state index contributed by atoms with van der Waals surface area (Å²) in [4.78, 5) is 3.72. The van der Waals surface area contributed by atoms with Crippen molar-refractivity contribution in [2.75, 3.05) is 13.1 Å². The molecule has 1 unspecified atom stereocenters. The smallest absolute Gasteiger partial charge is 0.0567 e. The standard InChI is InChI=1S/C12H21ClN2S/c1-4-5-15(9(2)3)11(7-14)12-6-10(13)8-16-12/h6,8-9,11H,4-5,7,14H2,1-3H3. The van der Waals surface area contributed by atoms with Crippen LogP contribution in [0.3, 0.4) is 0 Å². The summed E-state index contributed by atoms with van der Waals surface area (Å²) in [7, 11) is 0. The molecule has 0 aliphatic rings. The Morgan fingerprint density at radius 1 is 1.50 bits per heavy atom. The minimum atomic E-state index is 0.303. The van der Waals surface area contributed by atoms with Crippen molar-refractivity contribution in [2.24, 2.45) is 5.73 Å². The van der Waals surface area contributed by atoms with Gasteiger partial charge in [-0.05, 0) is 32.9 Å². The first-order valence-corrected chi connectivity index (χ1v) is 7.05. The van der Waals surface area contributed by atoms with Gasteiger partial charge in [-0.2, -0.15) is 0 Å². The topological polar surface area (TPSA) is 29.3 Å². The number of halogens is 1. The number of rotatable bonds is 6. The van der Waals surface area contributed by atoms with E-state index in [2.05, 4.69) is 25.7 Å². The number of nitrogens with zero attached hydrogens (tertiary/aromatic N) is 1. The van der Waals surface area contributed by atoms with Crippen molar-refractivity contribution in [1.82, 2.24) is 4.90 Å². The maximum absolute atomic E-state index is 5.97. The van der Waals surface area contributed by atoms with Crippen molar-refractivity contribution in [3.8, 4) is 0 Å². The Labute approximate surface area is 107 Å². The average molecular weight is 261 g/mol. The Hall–Kier alpha value is -0.0900. The average Bonchev–Trinajstić information content (AvgIpc) is 2.64.